The number of unbranched alkanes of at least 4 members (excludes halogenated alkanes) is 1. The van der Waals surface area contributed by atoms with Gasteiger partial charge in [-0.05, 0) is 67.0 Å². The van der Waals surface area contributed by atoms with E-state index in [4.69, 9.17) is 10.00 Å². The van der Waals surface area contributed by atoms with Gasteiger partial charge in [0.2, 0.25) is 0 Å². The molecule has 0 radical (unpaired) electrons. The van der Waals surface area contributed by atoms with E-state index in [1.165, 1.54) is 0 Å². The lowest BCUT2D eigenvalue weighted by atomic mass is 9.78. The number of hydrogen-bond donors (Lipinski definition) is 1. The highest BCUT2D eigenvalue weighted by molar-refractivity contribution is 5.80. The zero-order chi connectivity index (χ0) is 21.6. The summed E-state index contributed by atoms with van der Waals surface area (Å²) in [6.07, 6.45) is 2.35. The molecule has 1 N–H and O–H groups in total. The molecule has 30 heavy (non-hydrogen) atoms. The third-order valence-corrected chi connectivity index (χ3v) is 5.35. The number of nitrogens with one attached hydrogen (secondary N) is 1. The van der Waals surface area contributed by atoms with Gasteiger partial charge >= 0.3 is 0 Å². The fourth-order valence-electron chi connectivity index (χ4n) is 3.55. The second-order valence-electron chi connectivity index (χ2n) is 7.66. The third kappa shape index (κ3) is 4.70. The first kappa shape index (κ1) is 21.1. The molecule has 0 aliphatic heterocycles. The number of pyridine rings is 1. The molecule has 5 heteroatoms. The molecular formula is C25H25N3O2. The van der Waals surface area contributed by atoms with Gasteiger partial charge < -0.3 is 9.72 Å². The normalized spacial score (nSPS) is 12.7. The molecule has 0 saturated heterocycles. The topological polar surface area (TPSA) is 89.7 Å². The van der Waals surface area contributed by atoms with Gasteiger partial charge in [0.1, 0.15) is 5.75 Å². The van der Waals surface area contributed by atoms with Gasteiger partial charge in [0, 0.05) is 17.5 Å². The van der Waals surface area contributed by atoms with Crippen molar-refractivity contribution in [2.45, 2.75) is 44.9 Å². The first-order chi connectivity index (χ1) is 14.5. The monoisotopic (exact) mass is 399 g/mol. The predicted octanol–water partition coefficient (Wildman–Crippen LogP) is 4.80. The van der Waals surface area contributed by atoms with E-state index in [9.17, 15) is 10.1 Å². The molecule has 152 valence electrons. The summed E-state index contributed by atoms with van der Waals surface area (Å²) in [5.41, 5.74) is 2.51. The maximum Gasteiger partial charge on any atom is 0.251 e. The van der Waals surface area contributed by atoms with Crippen molar-refractivity contribution in [2.75, 3.05) is 6.61 Å². The summed E-state index contributed by atoms with van der Waals surface area (Å²) in [4.78, 5) is 15.1. The van der Waals surface area contributed by atoms with Crippen LogP contribution >= 0.6 is 0 Å². The van der Waals surface area contributed by atoms with E-state index in [1.54, 1.807) is 0 Å². The second kappa shape index (κ2) is 9.29. The minimum absolute atomic E-state index is 0.0814. The summed E-state index contributed by atoms with van der Waals surface area (Å²) in [5, 5.41) is 19.6. The molecule has 0 bridgehead atoms. The number of fused-ring (bicyclic) bond motifs is 1. The molecule has 5 nitrogen and oxygen atoms in total. The van der Waals surface area contributed by atoms with Crippen molar-refractivity contribution in [3.8, 4) is 17.9 Å². The molecule has 1 heterocycles. The van der Waals surface area contributed by atoms with Crippen molar-refractivity contribution in [1.29, 1.82) is 10.5 Å². The Labute approximate surface area is 176 Å². The highest BCUT2D eigenvalue weighted by Crippen LogP contribution is 2.30. The Kier molecular flexibility index (Phi) is 6.54. The molecule has 2 aromatic carbocycles. The van der Waals surface area contributed by atoms with Crippen LogP contribution in [0.15, 0.2) is 53.3 Å². The maximum absolute atomic E-state index is 12.2. The third-order valence-electron chi connectivity index (χ3n) is 5.35. The van der Waals surface area contributed by atoms with Crippen molar-refractivity contribution in [3.05, 3.63) is 75.6 Å². The Hall–Kier alpha value is -3.57. The van der Waals surface area contributed by atoms with Crippen LogP contribution in [0.5, 0.6) is 5.75 Å². The van der Waals surface area contributed by atoms with Gasteiger partial charge in [0.15, 0.2) is 0 Å². The predicted molar refractivity (Wildman–Crippen MR) is 117 cm³/mol. The fraction of sp³-hybridized carbons (Fsp3) is 0.320. The highest BCUT2D eigenvalue weighted by atomic mass is 16.5. The Morgan fingerprint density at radius 1 is 1.13 bits per heavy atom. The molecule has 0 fully saturated rings. The lowest BCUT2D eigenvalue weighted by Gasteiger charge is -2.23. The van der Waals surface area contributed by atoms with E-state index in [2.05, 4.69) is 17.1 Å². The van der Waals surface area contributed by atoms with E-state index < -0.39 is 5.41 Å². The van der Waals surface area contributed by atoms with E-state index in [-0.39, 0.29) is 5.56 Å². The number of nitriles is 2. The Bertz CT molecular complexity index is 1180. The Balaban J connectivity index is 1.86. The average molecular weight is 399 g/mol. The molecule has 0 saturated carbocycles. The van der Waals surface area contributed by atoms with E-state index in [1.807, 2.05) is 62.4 Å². The fourth-order valence-corrected chi connectivity index (χ4v) is 3.55. The van der Waals surface area contributed by atoms with Crippen molar-refractivity contribution in [2.24, 2.45) is 0 Å². The van der Waals surface area contributed by atoms with E-state index in [0.717, 1.165) is 33.3 Å². The van der Waals surface area contributed by atoms with Crippen LogP contribution in [0.4, 0.5) is 0 Å². The van der Waals surface area contributed by atoms with Crippen molar-refractivity contribution in [1.82, 2.24) is 4.98 Å². The van der Waals surface area contributed by atoms with Crippen molar-refractivity contribution in [3.63, 3.8) is 0 Å². The molecule has 1 aromatic heterocycles. The number of aryl methyl sites for hydroxylation is 1. The van der Waals surface area contributed by atoms with Crippen LogP contribution < -0.4 is 10.3 Å². The molecule has 0 spiro atoms. The molecule has 0 aliphatic carbocycles. The number of rotatable bonds is 8. The zero-order valence-corrected chi connectivity index (χ0v) is 17.4. The molecule has 0 aliphatic rings. The number of nitrogens with zero attached hydrogens (tertiary/aromatic N) is 2. The van der Waals surface area contributed by atoms with Gasteiger partial charge in [-0.2, -0.15) is 10.5 Å². The number of ether oxygens (including phenoxy) is 1. The first-order valence-corrected chi connectivity index (χ1v) is 10.2. The minimum Gasteiger partial charge on any atom is -0.494 e. The molecule has 3 rings (SSSR count). The summed E-state index contributed by atoms with van der Waals surface area (Å²) < 4.78 is 5.72. The molecule has 3 aromatic rings. The van der Waals surface area contributed by atoms with Crippen LogP contribution in [0, 0.1) is 22.7 Å². The summed E-state index contributed by atoms with van der Waals surface area (Å²) in [5.74, 6) is 0.737. The van der Waals surface area contributed by atoms with Crippen LogP contribution in [-0.4, -0.2) is 11.6 Å². The van der Waals surface area contributed by atoms with Crippen molar-refractivity contribution < 1.29 is 4.74 Å². The highest BCUT2D eigenvalue weighted by Gasteiger charge is 2.27. The van der Waals surface area contributed by atoms with Crippen LogP contribution in [0.25, 0.3) is 10.9 Å². The number of benzene rings is 2. The summed E-state index contributed by atoms with van der Waals surface area (Å²) in [7, 11) is 0. The first-order valence-electron chi connectivity index (χ1n) is 10.2. The van der Waals surface area contributed by atoms with Crippen LogP contribution in [-0.2, 0) is 18.3 Å². The van der Waals surface area contributed by atoms with Gasteiger partial charge in [-0.1, -0.05) is 31.2 Å². The van der Waals surface area contributed by atoms with Gasteiger partial charge in [-0.15, -0.1) is 0 Å². The van der Waals surface area contributed by atoms with E-state index >= 15 is 0 Å². The summed E-state index contributed by atoms with van der Waals surface area (Å²) in [6, 6.07) is 20.0. The smallest absolute Gasteiger partial charge is 0.251 e. The Morgan fingerprint density at radius 2 is 1.97 bits per heavy atom. The quantitative estimate of drug-likeness (QED) is 0.551. The standard InChI is InChI=1S/C25H25N3O2/c1-3-19-14-20-9-10-21(15-23(20)28-24(19)29)25(2,17-27)16-18-7-6-8-22(13-18)30-12-5-4-11-26/h6-10,13-15H,3-5,12,16H2,1-2H3,(H,28,29). The largest absolute Gasteiger partial charge is 0.494 e. The van der Waals surface area contributed by atoms with Crippen LogP contribution in [0.1, 0.15) is 43.4 Å². The number of aromatic nitrogens is 1. The van der Waals surface area contributed by atoms with Crippen LogP contribution in [0.2, 0.25) is 0 Å². The summed E-state index contributed by atoms with van der Waals surface area (Å²) >= 11 is 0. The number of aromatic amines is 1. The van der Waals surface area contributed by atoms with Gasteiger partial charge in [-0.3, -0.25) is 4.79 Å². The van der Waals surface area contributed by atoms with Crippen molar-refractivity contribution >= 4 is 10.9 Å². The minimum atomic E-state index is -0.756. The number of H-pyrrole nitrogens is 1. The van der Waals surface area contributed by atoms with Crippen LogP contribution in [0.3, 0.4) is 0 Å². The Morgan fingerprint density at radius 3 is 2.70 bits per heavy atom. The summed E-state index contributed by atoms with van der Waals surface area (Å²) in [6.45, 7) is 4.36. The average Bonchev–Trinajstić information content (AvgIpc) is 2.76. The molecule has 0 amide bonds. The molecule has 1 atom stereocenters. The zero-order valence-electron chi connectivity index (χ0n) is 17.4. The van der Waals surface area contributed by atoms with Gasteiger partial charge in [-0.25, -0.2) is 0 Å². The lowest BCUT2D eigenvalue weighted by molar-refractivity contribution is 0.312. The number of hydrogen-bond acceptors (Lipinski definition) is 4. The molecule has 1 unspecified atom stereocenters. The molecular weight excluding hydrogens is 374 g/mol. The SMILES string of the molecule is CCc1cc2ccc(C(C)(C#N)Cc3cccc(OCCCC#N)c3)cc2[nH]c1=O. The van der Waals surface area contributed by atoms with E-state index in [0.29, 0.717) is 32.3 Å². The van der Waals surface area contributed by atoms with Gasteiger partial charge in [0.25, 0.3) is 5.56 Å². The van der Waals surface area contributed by atoms with Gasteiger partial charge in [0.05, 0.1) is 24.2 Å². The second-order valence-corrected chi connectivity index (χ2v) is 7.66. The lowest BCUT2D eigenvalue weighted by Crippen LogP contribution is -2.23. The maximum atomic E-state index is 12.2.